The lowest BCUT2D eigenvalue weighted by atomic mass is 10.1. The lowest BCUT2D eigenvalue weighted by Crippen LogP contribution is -2.26. The predicted octanol–water partition coefficient (Wildman–Crippen LogP) is 1.42. The number of carbonyl (C=O) groups is 1. The van der Waals surface area contributed by atoms with Crippen LogP contribution in [0.1, 0.15) is 15.9 Å². The number of hydrogen-bond donors (Lipinski definition) is 2. The summed E-state index contributed by atoms with van der Waals surface area (Å²) in [5, 5.41) is 9.46. The summed E-state index contributed by atoms with van der Waals surface area (Å²) >= 11 is 6.10. The Bertz CT molecular complexity index is 435. The van der Waals surface area contributed by atoms with E-state index in [1.165, 1.54) is 0 Å². The predicted molar refractivity (Wildman–Crippen MR) is 72.5 cm³/mol. The molecule has 98 valence electrons. The Labute approximate surface area is 112 Å². The van der Waals surface area contributed by atoms with Gasteiger partial charge in [0.1, 0.15) is 0 Å². The zero-order chi connectivity index (χ0) is 13.5. The molecule has 18 heavy (non-hydrogen) atoms. The van der Waals surface area contributed by atoms with E-state index in [4.69, 9.17) is 22.4 Å². The highest BCUT2D eigenvalue weighted by Gasteiger charge is 2.09. The Kier molecular flexibility index (Phi) is 5.85. The smallest absolute Gasteiger partial charge is 0.248 e. The molecule has 1 amide bonds. The van der Waals surface area contributed by atoms with E-state index < -0.39 is 5.91 Å². The van der Waals surface area contributed by atoms with Crippen molar-refractivity contribution in [2.24, 2.45) is 5.73 Å². The average Bonchev–Trinajstić information content (AvgIpc) is 2.32. The molecule has 0 aliphatic heterocycles. The second kappa shape index (κ2) is 7.16. The quantitative estimate of drug-likeness (QED) is 0.735. The van der Waals surface area contributed by atoms with Gasteiger partial charge in [-0.25, -0.2) is 0 Å². The summed E-state index contributed by atoms with van der Waals surface area (Å²) in [6, 6.07) is 4.98. The Hall–Kier alpha value is -1.36. The van der Waals surface area contributed by atoms with Crippen LogP contribution in [0.3, 0.4) is 0 Å². The fraction of sp³-hybridized carbons (Fsp3) is 0.308. The maximum Gasteiger partial charge on any atom is 0.248 e. The second-order valence-electron chi connectivity index (χ2n) is 3.92. The molecule has 0 aliphatic rings. The fourth-order valence-electron chi connectivity index (χ4n) is 1.63. The summed E-state index contributed by atoms with van der Waals surface area (Å²) in [4.78, 5) is 13.0. The summed E-state index contributed by atoms with van der Waals surface area (Å²) in [5.41, 5.74) is 6.45. The van der Waals surface area contributed by atoms with E-state index in [0.717, 1.165) is 5.56 Å². The average molecular weight is 269 g/mol. The van der Waals surface area contributed by atoms with Gasteiger partial charge in [0.15, 0.2) is 0 Å². The van der Waals surface area contributed by atoms with Crippen LogP contribution in [0.4, 0.5) is 0 Å². The first-order valence-corrected chi connectivity index (χ1v) is 5.98. The lowest BCUT2D eigenvalue weighted by Gasteiger charge is -2.20. The van der Waals surface area contributed by atoms with Gasteiger partial charge in [0.05, 0.1) is 6.61 Å². The van der Waals surface area contributed by atoms with Crippen molar-refractivity contribution in [1.29, 1.82) is 0 Å². The molecular weight excluding hydrogens is 252 g/mol. The topological polar surface area (TPSA) is 66.6 Å². The summed E-state index contributed by atoms with van der Waals surface area (Å²) in [6.07, 6.45) is 1.77. The van der Waals surface area contributed by atoms with Gasteiger partial charge in [-0.1, -0.05) is 23.7 Å². The molecular formula is C13H17ClN2O2. The number of halogens is 1. The fourth-order valence-corrected chi connectivity index (χ4v) is 1.87. The number of nitrogens with two attached hydrogens (primary N) is 1. The third kappa shape index (κ3) is 4.14. The summed E-state index contributed by atoms with van der Waals surface area (Å²) < 4.78 is 0. The standard InChI is InChI=1S/C13H17ClN2O2/c1-2-5-16(6-7-17)9-11-4-3-10(13(15)18)8-12(11)14/h2-4,8,17H,1,5-7,9H2,(H2,15,18). The van der Waals surface area contributed by atoms with Gasteiger partial charge in [0, 0.05) is 30.2 Å². The van der Waals surface area contributed by atoms with Crippen LogP contribution < -0.4 is 5.73 Å². The van der Waals surface area contributed by atoms with Gasteiger partial charge < -0.3 is 10.8 Å². The molecule has 0 fully saturated rings. The molecule has 0 unspecified atom stereocenters. The molecule has 1 aromatic rings. The normalized spacial score (nSPS) is 10.6. The highest BCUT2D eigenvalue weighted by molar-refractivity contribution is 6.31. The monoisotopic (exact) mass is 268 g/mol. The molecule has 0 aromatic heterocycles. The highest BCUT2D eigenvalue weighted by atomic mass is 35.5. The Morgan fingerprint density at radius 2 is 2.28 bits per heavy atom. The van der Waals surface area contributed by atoms with E-state index in [1.54, 1.807) is 24.3 Å². The molecule has 0 atom stereocenters. The van der Waals surface area contributed by atoms with Crippen molar-refractivity contribution in [2.75, 3.05) is 19.7 Å². The zero-order valence-corrected chi connectivity index (χ0v) is 10.9. The summed E-state index contributed by atoms with van der Waals surface area (Å²) in [6.45, 7) is 5.53. The van der Waals surface area contributed by atoms with Crippen molar-refractivity contribution < 1.29 is 9.90 Å². The van der Waals surface area contributed by atoms with Crippen molar-refractivity contribution in [3.63, 3.8) is 0 Å². The minimum Gasteiger partial charge on any atom is -0.395 e. The van der Waals surface area contributed by atoms with Gasteiger partial charge in [-0.05, 0) is 17.7 Å². The number of rotatable bonds is 7. The molecule has 0 spiro atoms. The minimum absolute atomic E-state index is 0.0742. The van der Waals surface area contributed by atoms with Crippen molar-refractivity contribution in [3.8, 4) is 0 Å². The van der Waals surface area contributed by atoms with Crippen LogP contribution in [0.2, 0.25) is 5.02 Å². The minimum atomic E-state index is -0.498. The number of aliphatic hydroxyl groups is 1. The molecule has 4 nitrogen and oxygen atoms in total. The number of aliphatic hydroxyl groups excluding tert-OH is 1. The largest absolute Gasteiger partial charge is 0.395 e. The SMILES string of the molecule is C=CCN(CCO)Cc1ccc(C(N)=O)cc1Cl. The van der Waals surface area contributed by atoms with E-state index in [0.29, 0.717) is 30.2 Å². The third-order valence-corrected chi connectivity index (χ3v) is 2.89. The van der Waals surface area contributed by atoms with Crippen molar-refractivity contribution in [3.05, 3.63) is 47.0 Å². The molecule has 0 saturated heterocycles. The van der Waals surface area contributed by atoms with Gasteiger partial charge in [-0.3, -0.25) is 9.69 Å². The number of amides is 1. The molecule has 0 saturated carbocycles. The zero-order valence-electron chi connectivity index (χ0n) is 10.1. The van der Waals surface area contributed by atoms with Crippen LogP contribution in [-0.4, -0.2) is 35.6 Å². The van der Waals surface area contributed by atoms with E-state index in [-0.39, 0.29) is 6.61 Å². The Morgan fingerprint density at radius 3 is 2.78 bits per heavy atom. The van der Waals surface area contributed by atoms with Crippen molar-refractivity contribution in [2.45, 2.75) is 6.54 Å². The number of nitrogens with zero attached hydrogens (tertiary/aromatic N) is 1. The van der Waals surface area contributed by atoms with Crippen LogP contribution in [0.25, 0.3) is 0 Å². The second-order valence-corrected chi connectivity index (χ2v) is 4.33. The maximum atomic E-state index is 11.0. The van der Waals surface area contributed by atoms with Gasteiger partial charge in [0.25, 0.3) is 0 Å². The molecule has 5 heteroatoms. The maximum absolute atomic E-state index is 11.0. The molecule has 0 heterocycles. The number of carbonyl (C=O) groups excluding carboxylic acids is 1. The summed E-state index contributed by atoms with van der Waals surface area (Å²) in [7, 11) is 0. The first kappa shape index (κ1) is 14.7. The molecule has 1 aromatic carbocycles. The summed E-state index contributed by atoms with van der Waals surface area (Å²) in [5.74, 6) is -0.498. The first-order valence-electron chi connectivity index (χ1n) is 5.60. The molecule has 0 radical (unpaired) electrons. The molecule has 1 rings (SSSR count). The van der Waals surface area contributed by atoms with E-state index in [9.17, 15) is 4.79 Å². The van der Waals surface area contributed by atoms with Gasteiger partial charge >= 0.3 is 0 Å². The molecule has 0 bridgehead atoms. The third-order valence-electron chi connectivity index (χ3n) is 2.54. The first-order chi connectivity index (χ1) is 8.58. The number of benzene rings is 1. The van der Waals surface area contributed by atoms with E-state index in [2.05, 4.69) is 6.58 Å². The highest BCUT2D eigenvalue weighted by Crippen LogP contribution is 2.19. The van der Waals surface area contributed by atoms with Crippen LogP contribution >= 0.6 is 11.6 Å². The van der Waals surface area contributed by atoms with Crippen molar-refractivity contribution >= 4 is 17.5 Å². The molecule has 3 N–H and O–H groups in total. The van der Waals surface area contributed by atoms with Crippen LogP contribution in [0.5, 0.6) is 0 Å². The van der Waals surface area contributed by atoms with Crippen LogP contribution in [0.15, 0.2) is 30.9 Å². The number of primary amides is 1. The van der Waals surface area contributed by atoms with Gasteiger partial charge in [-0.15, -0.1) is 6.58 Å². The Balaban J connectivity index is 2.82. The van der Waals surface area contributed by atoms with Gasteiger partial charge in [0.2, 0.25) is 5.91 Å². The number of hydrogen-bond acceptors (Lipinski definition) is 3. The Morgan fingerprint density at radius 1 is 1.56 bits per heavy atom. The lowest BCUT2D eigenvalue weighted by molar-refractivity contribution is 0.100. The van der Waals surface area contributed by atoms with Crippen LogP contribution in [0, 0.1) is 0 Å². The van der Waals surface area contributed by atoms with E-state index in [1.807, 2.05) is 4.90 Å². The van der Waals surface area contributed by atoms with Gasteiger partial charge in [-0.2, -0.15) is 0 Å². The van der Waals surface area contributed by atoms with E-state index >= 15 is 0 Å². The van der Waals surface area contributed by atoms with Crippen molar-refractivity contribution in [1.82, 2.24) is 4.90 Å². The molecule has 0 aliphatic carbocycles. The van der Waals surface area contributed by atoms with Crippen LogP contribution in [-0.2, 0) is 6.54 Å².